The maximum Gasteiger partial charge on any atom is 0.170 e. The van der Waals surface area contributed by atoms with Crippen LogP contribution in [0.1, 0.15) is 5.56 Å². The van der Waals surface area contributed by atoms with Gasteiger partial charge in [-0.1, -0.05) is 29.4 Å². The molecule has 0 spiro atoms. The van der Waals surface area contributed by atoms with Crippen molar-refractivity contribution in [3.63, 3.8) is 0 Å². The molecule has 0 fully saturated rings. The highest BCUT2D eigenvalue weighted by Crippen LogP contribution is 2.31. The second-order valence-corrected chi connectivity index (χ2v) is 5.32. The lowest BCUT2D eigenvalue weighted by molar-refractivity contribution is 0.199. The zero-order valence-electron chi connectivity index (χ0n) is 10.6. The second-order valence-electron chi connectivity index (χ2n) is 3.88. The van der Waals surface area contributed by atoms with E-state index in [1.165, 1.54) is 0 Å². The molecule has 19 heavy (non-hydrogen) atoms. The van der Waals surface area contributed by atoms with Crippen LogP contribution in [0, 0.1) is 0 Å². The van der Waals surface area contributed by atoms with Crippen molar-refractivity contribution in [2.45, 2.75) is 16.6 Å². The number of aromatic nitrogens is 2. The molecule has 0 radical (unpaired) electrons. The monoisotopic (exact) mass is 297 g/mol. The highest BCUT2D eigenvalue weighted by Gasteiger charge is 2.09. The summed E-state index contributed by atoms with van der Waals surface area (Å²) < 4.78 is 5.01. The predicted molar refractivity (Wildman–Crippen MR) is 77.7 cm³/mol. The fraction of sp³-hybridized carbons (Fsp3) is 0.308. The van der Waals surface area contributed by atoms with E-state index in [1.807, 2.05) is 24.4 Å². The van der Waals surface area contributed by atoms with E-state index in [9.17, 15) is 0 Å². The Labute approximate surface area is 121 Å². The molecule has 2 rings (SSSR count). The van der Waals surface area contributed by atoms with E-state index < -0.39 is 0 Å². The zero-order chi connectivity index (χ0) is 13.5. The molecule has 4 nitrogen and oxygen atoms in total. The van der Waals surface area contributed by atoms with Gasteiger partial charge in [-0.3, -0.25) is 0 Å². The van der Waals surface area contributed by atoms with Crippen molar-refractivity contribution in [1.29, 1.82) is 0 Å². The Balaban J connectivity index is 2.07. The fourth-order valence-electron chi connectivity index (χ4n) is 1.60. The number of hydrogen-bond donors (Lipinski definition) is 2. The van der Waals surface area contributed by atoms with Crippen LogP contribution < -0.4 is 5.32 Å². The van der Waals surface area contributed by atoms with Crippen LogP contribution in [0.5, 0.6) is 0 Å². The predicted octanol–water partition coefficient (Wildman–Crippen LogP) is 2.95. The van der Waals surface area contributed by atoms with Gasteiger partial charge in [-0.15, -0.1) is 0 Å². The van der Waals surface area contributed by atoms with E-state index in [1.54, 1.807) is 25.1 Å². The average Bonchev–Trinajstić information content (AvgIpc) is 2.90. The molecule has 1 aromatic carbocycles. The smallest absolute Gasteiger partial charge is 0.170 e. The summed E-state index contributed by atoms with van der Waals surface area (Å²) in [6, 6.07) is 5.90. The lowest BCUT2D eigenvalue weighted by atomic mass is 10.2. The zero-order valence-corrected chi connectivity index (χ0v) is 12.2. The van der Waals surface area contributed by atoms with E-state index in [2.05, 4.69) is 15.3 Å². The summed E-state index contributed by atoms with van der Waals surface area (Å²) in [7, 11) is 1.69. The van der Waals surface area contributed by atoms with Gasteiger partial charge in [-0.2, -0.15) is 0 Å². The van der Waals surface area contributed by atoms with Gasteiger partial charge in [-0.05, 0) is 17.7 Å². The molecular formula is C13H16ClN3OS. The van der Waals surface area contributed by atoms with Crippen molar-refractivity contribution in [2.24, 2.45) is 0 Å². The van der Waals surface area contributed by atoms with Gasteiger partial charge in [0.05, 0.1) is 6.61 Å². The Morgan fingerprint density at radius 2 is 2.37 bits per heavy atom. The van der Waals surface area contributed by atoms with E-state index in [0.29, 0.717) is 13.2 Å². The highest BCUT2D eigenvalue weighted by molar-refractivity contribution is 7.99. The molecule has 1 heterocycles. The number of imidazole rings is 1. The van der Waals surface area contributed by atoms with Crippen LogP contribution in [0.15, 0.2) is 40.6 Å². The van der Waals surface area contributed by atoms with Crippen molar-refractivity contribution in [1.82, 2.24) is 15.3 Å². The molecule has 0 saturated heterocycles. The standard InChI is InChI=1S/C13H16ClN3OS/c1-18-8-7-15-9-10-11(14)3-2-4-12(10)19-13-16-5-6-17-13/h2-6,15H,7-9H2,1H3,(H,16,17). The molecule has 2 N–H and O–H groups in total. The Morgan fingerprint density at radius 3 is 3.11 bits per heavy atom. The summed E-state index contributed by atoms with van der Waals surface area (Å²) in [4.78, 5) is 8.40. The highest BCUT2D eigenvalue weighted by atomic mass is 35.5. The number of ether oxygens (including phenoxy) is 1. The number of nitrogens with zero attached hydrogens (tertiary/aromatic N) is 1. The Kier molecular flexibility index (Phi) is 5.72. The summed E-state index contributed by atoms with van der Waals surface area (Å²) in [5, 5.41) is 4.94. The number of halogens is 1. The molecule has 0 aliphatic heterocycles. The SMILES string of the molecule is COCCNCc1c(Cl)cccc1Sc1ncc[nH]1. The van der Waals surface area contributed by atoms with Gasteiger partial charge in [0.15, 0.2) is 5.16 Å². The van der Waals surface area contributed by atoms with Crippen molar-refractivity contribution in [3.8, 4) is 0 Å². The van der Waals surface area contributed by atoms with Gasteiger partial charge in [0.2, 0.25) is 0 Å². The molecule has 0 unspecified atom stereocenters. The maximum absolute atomic E-state index is 6.27. The van der Waals surface area contributed by atoms with Crippen LogP contribution in [0.4, 0.5) is 0 Å². The van der Waals surface area contributed by atoms with Gasteiger partial charge in [0.1, 0.15) is 0 Å². The van der Waals surface area contributed by atoms with E-state index in [4.69, 9.17) is 16.3 Å². The van der Waals surface area contributed by atoms with E-state index in [0.717, 1.165) is 27.2 Å². The topological polar surface area (TPSA) is 49.9 Å². The third-order valence-corrected chi connectivity index (χ3v) is 3.91. The van der Waals surface area contributed by atoms with Crippen LogP contribution in [0.2, 0.25) is 5.02 Å². The average molecular weight is 298 g/mol. The molecule has 0 saturated carbocycles. The van der Waals surface area contributed by atoms with Crippen molar-refractivity contribution in [2.75, 3.05) is 20.3 Å². The summed E-state index contributed by atoms with van der Waals surface area (Å²) in [6.45, 7) is 2.20. The number of hydrogen-bond acceptors (Lipinski definition) is 4. The first kappa shape index (κ1) is 14.4. The van der Waals surface area contributed by atoms with Gasteiger partial charge < -0.3 is 15.0 Å². The van der Waals surface area contributed by atoms with Crippen LogP contribution in [-0.4, -0.2) is 30.2 Å². The van der Waals surface area contributed by atoms with E-state index >= 15 is 0 Å². The number of rotatable bonds is 7. The van der Waals surface area contributed by atoms with Gasteiger partial charge in [0, 0.05) is 42.5 Å². The molecule has 1 aromatic heterocycles. The van der Waals surface area contributed by atoms with Crippen LogP contribution in [-0.2, 0) is 11.3 Å². The summed E-state index contributed by atoms with van der Waals surface area (Å²) in [5.74, 6) is 0. The van der Waals surface area contributed by atoms with Crippen molar-refractivity contribution < 1.29 is 4.74 Å². The summed E-state index contributed by atoms with van der Waals surface area (Å²) in [5.41, 5.74) is 1.08. The van der Waals surface area contributed by atoms with Crippen LogP contribution in [0.25, 0.3) is 0 Å². The largest absolute Gasteiger partial charge is 0.383 e. The molecule has 2 aromatic rings. The number of methoxy groups -OCH3 is 1. The quantitative estimate of drug-likeness (QED) is 0.772. The third kappa shape index (κ3) is 4.24. The Hall–Kier alpha value is -1.01. The molecule has 0 aliphatic rings. The molecule has 0 aliphatic carbocycles. The Morgan fingerprint density at radius 1 is 1.47 bits per heavy atom. The second kappa shape index (κ2) is 7.55. The van der Waals surface area contributed by atoms with E-state index in [-0.39, 0.29) is 0 Å². The van der Waals surface area contributed by atoms with Crippen molar-refractivity contribution in [3.05, 3.63) is 41.2 Å². The third-order valence-electron chi connectivity index (χ3n) is 2.54. The molecule has 102 valence electrons. The maximum atomic E-state index is 6.27. The summed E-state index contributed by atoms with van der Waals surface area (Å²) >= 11 is 7.84. The molecule has 0 amide bonds. The summed E-state index contributed by atoms with van der Waals surface area (Å²) in [6.07, 6.45) is 3.55. The molecular weight excluding hydrogens is 282 g/mol. The van der Waals surface area contributed by atoms with Gasteiger partial charge in [-0.25, -0.2) is 4.98 Å². The first-order valence-corrected chi connectivity index (χ1v) is 7.15. The number of H-pyrrole nitrogens is 1. The fourth-order valence-corrected chi connectivity index (χ4v) is 2.80. The lowest BCUT2D eigenvalue weighted by Crippen LogP contribution is -2.19. The minimum Gasteiger partial charge on any atom is -0.383 e. The minimum atomic E-state index is 0.686. The molecule has 0 bridgehead atoms. The molecule has 0 atom stereocenters. The number of aromatic amines is 1. The van der Waals surface area contributed by atoms with Crippen LogP contribution in [0.3, 0.4) is 0 Å². The van der Waals surface area contributed by atoms with Crippen LogP contribution >= 0.6 is 23.4 Å². The molecule has 6 heteroatoms. The van der Waals surface area contributed by atoms with Gasteiger partial charge in [0.25, 0.3) is 0 Å². The van der Waals surface area contributed by atoms with Crippen molar-refractivity contribution >= 4 is 23.4 Å². The Bertz CT molecular complexity index is 505. The normalized spacial score (nSPS) is 10.8. The lowest BCUT2D eigenvalue weighted by Gasteiger charge is -2.11. The minimum absolute atomic E-state index is 0.686. The van der Waals surface area contributed by atoms with Gasteiger partial charge >= 0.3 is 0 Å². The number of benzene rings is 1. The first-order valence-electron chi connectivity index (χ1n) is 5.95. The number of nitrogens with one attached hydrogen (secondary N) is 2. The first-order chi connectivity index (χ1) is 9.31.